The van der Waals surface area contributed by atoms with Crippen LogP contribution in [-0.4, -0.2) is 11.7 Å². The molecule has 1 amide bonds. The number of amides is 1. The molecule has 0 fully saturated rings. The maximum atomic E-state index is 11.5. The standard InChI is InChI=1S/C13H18N4O2/c1-9-5-10(7-11(6-9)16-17-14)8-15-12(18)19-13(2,3)4/h5-7H,8H2,1-4H3,(H,15,18). The molecule has 6 heteroatoms. The van der Waals surface area contributed by atoms with E-state index < -0.39 is 11.7 Å². The SMILES string of the molecule is Cc1cc(CNC(=O)OC(C)(C)C)cc(N=[N+]=[N-])c1. The minimum atomic E-state index is -0.521. The molecule has 6 nitrogen and oxygen atoms in total. The van der Waals surface area contributed by atoms with Gasteiger partial charge in [-0.2, -0.15) is 0 Å². The van der Waals surface area contributed by atoms with Gasteiger partial charge in [-0.3, -0.25) is 0 Å². The highest BCUT2D eigenvalue weighted by molar-refractivity contribution is 5.67. The topological polar surface area (TPSA) is 87.1 Å². The number of ether oxygens (including phenoxy) is 1. The Morgan fingerprint density at radius 1 is 1.42 bits per heavy atom. The van der Waals surface area contributed by atoms with Crippen LogP contribution in [0.15, 0.2) is 23.3 Å². The Morgan fingerprint density at radius 2 is 2.11 bits per heavy atom. The first-order valence-corrected chi connectivity index (χ1v) is 5.93. The fourth-order valence-electron chi connectivity index (χ4n) is 1.54. The number of benzene rings is 1. The molecule has 0 aliphatic carbocycles. The van der Waals surface area contributed by atoms with Gasteiger partial charge in [-0.15, -0.1) is 0 Å². The number of rotatable bonds is 3. The number of aryl methyl sites for hydroxylation is 1. The number of alkyl carbamates (subject to hydrolysis) is 1. The van der Waals surface area contributed by atoms with E-state index in [4.69, 9.17) is 10.3 Å². The first-order chi connectivity index (χ1) is 8.80. The molecule has 19 heavy (non-hydrogen) atoms. The molecule has 0 unspecified atom stereocenters. The molecule has 0 saturated heterocycles. The zero-order valence-electron chi connectivity index (χ0n) is 11.6. The van der Waals surface area contributed by atoms with Crippen molar-refractivity contribution in [2.45, 2.75) is 39.8 Å². The Hall–Kier alpha value is -2.20. The Balaban J connectivity index is 2.67. The second-order valence-electron chi connectivity index (χ2n) is 5.22. The molecule has 0 atom stereocenters. The first kappa shape index (κ1) is 14.9. The molecule has 0 heterocycles. The molecule has 0 saturated carbocycles. The van der Waals surface area contributed by atoms with Gasteiger partial charge in [0.1, 0.15) is 5.60 Å². The van der Waals surface area contributed by atoms with Crippen LogP contribution >= 0.6 is 0 Å². The van der Waals surface area contributed by atoms with Crippen molar-refractivity contribution >= 4 is 11.8 Å². The highest BCUT2D eigenvalue weighted by Gasteiger charge is 2.15. The molecule has 0 radical (unpaired) electrons. The van der Waals surface area contributed by atoms with Crippen molar-refractivity contribution in [3.05, 3.63) is 39.8 Å². The number of azide groups is 1. The second-order valence-corrected chi connectivity index (χ2v) is 5.22. The van der Waals surface area contributed by atoms with Gasteiger partial charge in [0.05, 0.1) is 0 Å². The van der Waals surface area contributed by atoms with Crippen LogP contribution in [0.4, 0.5) is 10.5 Å². The largest absolute Gasteiger partial charge is 0.444 e. The van der Waals surface area contributed by atoms with Crippen LogP contribution in [0, 0.1) is 6.92 Å². The van der Waals surface area contributed by atoms with Gasteiger partial charge in [0.15, 0.2) is 0 Å². The molecule has 0 bridgehead atoms. The van der Waals surface area contributed by atoms with Gasteiger partial charge in [0.2, 0.25) is 0 Å². The molecule has 0 spiro atoms. The van der Waals surface area contributed by atoms with Crippen LogP contribution in [-0.2, 0) is 11.3 Å². The Bertz CT molecular complexity index is 514. The minimum Gasteiger partial charge on any atom is -0.444 e. The smallest absolute Gasteiger partial charge is 0.407 e. The van der Waals surface area contributed by atoms with Crippen molar-refractivity contribution < 1.29 is 9.53 Å². The van der Waals surface area contributed by atoms with Crippen LogP contribution in [0.25, 0.3) is 10.4 Å². The van der Waals surface area contributed by atoms with Gasteiger partial charge in [0, 0.05) is 17.1 Å². The van der Waals surface area contributed by atoms with E-state index in [-0.39, 0.29) is 0 Å². The summed E-state index contributed by atoms with van der Waals surface area (Å²) in [6, 6.07) is 5.41. The monoisotopic (exact) mass is 262 g/mol. The third kappa shape index (κ3) is 5.79. The van der Waals surface area contributed by atoms with Crippen LogP contribution in [0.5, 0.6) is 0 Å². The number of carbonyl (C=O) groups excluding carboxylic acids is 1. The van der Waals surface area contributed by atoms with Crippen molar-refractivity contribution in [2.24, 2.45) is 5.11 Å². The average Bonchev–Trinajstić information content (AvgIpc) is 2.24. The summed E-state index contributed by atoms with van der Waals surface area (Å²) >= 11 is 0. The summed E-state index contributed by atoms with van der Waals surface area (Å²) in [5.41, 5.74) is 10.2. The average molecular weight is 262 g/mol. The van der Waals surface area contributed by atoms with Gasteiger partial charge in [-0.05, 0) is 50.9 Å². The molecule has 0 aliphatic rings. The molecule has 1 N–H and O–H groups in total. The summed E-state index contributed by atoms with van der Waals surface area (Å²) in [5.74, 6) is 0. The lowest BCUT2D eigenvalue weighted by molar-refractivity contribution is 0.0523. The van der Waals surface area contributed by atoms with Gasteiger partial charge in [0.25, 0.3) is 0 Å². The molecule has 1 rings (SSSR count). The van der Waals surface area contributed by atoms with Crippen molar-refractivity contribution in [2.75, 3.05) is 0 Å². The van der Waals surface area contributed by atoms with Crippen LogP contribution in [0.1, 0.15) is 31.9 Å². The number of hydrogen-bond donors (Lipinski definition) is 1. The lowest BCUT2D eigenvalue weighted by Gasteiger charge is -2.19. The molecule has 102 valence electrons. The summed E-state index contributed by atoms with van der Waals surface area (Å²) in [5, 5.41) is 6.21. The Kier molecular flexibility index (Phi) is 4.78. The molecule has 0 aliphatic heterocycles. The third-order valence-electron chi connectivity index (χ3n) is 2.12. The lowest BCUT2D eigenvalue weighted by atomic mass is 10.1. The van der Waals surface area contributed by atoms with Crippen LogP contribution in [0.2, 0.25) is 0 Å². The van der Waals surface area contributed by atoms with E-state index in [1.165, 1.54) is 0 Å². The van der Waals surface area contributed by atoms with Crippen molar-refractivity contribution in [1.82, 2.24) is 5.32 Å². The number of carbonyl (C=O) groups is 1. The van der Waals surface area contributed by atoms with E-state index in [0.29, 0.717) is 12.2 Å². The number of hydrogen-bond acceptors (Lipinski definition) is 3. The second kappa shape index (κ2) is 6.11. The first-order valence-electron chi connectivity index (χ1n) is 5.93. The van der Waals surface area contributed by atoms with Crippen molar-refractivity contribution in [3.63, 3.8) is 0 Å². The molecule has 1 aromatic rings. The van der Waals surface area contributed by atoms with Crippen LogP contribution in [0.3, 0.4) is 0 Å². The predicted octanol–water partition coefficient (Wildman–Crippen LogP) is 3.96. The summed E-state index contributed by atoms with van der Waals surface area (Å²) in [6.07, 6.45) is -0.473. The zero-order chi connectivity index (χ0) is 14.5. The summed E-state index contributed by atoms with van der Waals surface area (Å²) in [4.78, 5) is 14.3. The molecular formula is C13H18N4O2. The van der Waals surface area contributed by atoms with E-state index in [0.717, 1.165) is 11.1 Å². The molecule has 0 aromatic heterocycles. The fraction of sp³-hybridized carbons (Fsp3) is 0.462. The Morgan fingerprint density at radius 3 is 2.68 bits per heavy atom. The van der Waals surface area contributed by atoms with E-state index in [9.17, 15) is 4.79 Å². The van der Waals surface area contributed by atoms with Gasteiger partial charge < -0.3 is 10.1 Å². The summed E-state index contributed by atoms with van der Waals surface area (Å²) in [6.45, 7) is 7.63. The highest BCUT2D eigenvalue weighted by Crippen LogP contribution is 2.17. The normalized spacial score (nSPS) is 10.5. The number of nitrogens with zero attached hydrogens (tertiary/aromatic N) is 3. The maximum absolute atomic E-state index is 11.5. The van der Waals surface area contributed by atoms with Gasteiger partial charge in [-0.25, -0.2) is 4.79 Å². The fourth-order valence-corrected chi connectivity index (χ4v) is 1.54. The minimum absolute atomic E-state index is 0.324. The van der Waals surface area contributed by atoms with E-state index >= 15 is 0 Å². The van der Waals surface area contributed by atoms with Crippen LogP contribution < -0.4 is 5.32 Å². The molecular weight excluding hydrogens is 244 g/mol. The highest BCUT2D eigenvalue weighted by atomic mass is 16.6. The lowest BCUT2D eigenvalue weighted by Crippen LogP contribution is -2.32. The van der Waals surface area contributed by atoms with Crippen molar-refractivity contribution in [3.8, 4) is 0 Å². The summed E-state index contributed by atoms with van der Waals surface area (Å²) in [7, 11) is 0. The summed E-state index contributed by atoms with van der Waals surface area (Å²) < 4.78 is 5.14. The number of nitrogens with one attached hydrogen (secondary N) is 1. The predicted molar refractivity (Wildman–Crippen MR) is 73.1 cm³/mol. The third-order valence-corrected chi connectivity index (χ3v) is 2.12. The quantitative estimate of drug-likeness (QED) is 0.507. The maximum Gasteiger partial charge on any atom is 0.407 e. The van der Waals surface area contributed by atoms with Crippen molar-refractivity contribution in [1.29, 1.82) is 0 Å². The van der Waals surface area contributed by atoms with E-state index in [1.54, 1.807) is 32.9 Å². The van der Waals surface area contributed by atoms with E-state index in [2.05, 4.69) is 15.3 Å². The van der Waals surface area contributed by atoms with Gasteiger partial charge in [-0.1, -0.05) is 16.7 Å². The Labute approximate surface area is 112 Å². The molecule has 1 aromatic carbocycles. The van der Waals surface area contributed by atoms with Gasteiger partial charge >= 0.3 is 6.09 Å². The zero-order valence-corrected chi connectivity index (χ0v) is 11.6. The van der Waals surface area contributed by atoms with E-state index in [1.807, 2.05) is 13.0 Å².